The zero-order chi connectivity index (χ0) is 15.4. The minimum atomic E-state index is 0.285. The van der Waals surface area contributed by atoms with Crippen molar-refractivity contribution in [1.29, 1.82) is 0 Å². The summed E-state index contributed by atoms with van der Waals surface area (Å²) in [4.78, 5) is 0. The van der Waals surface area contributed by atoms with Crippen molar-refractivity contribution in [2.45, 2.75) is 26.3 Å². The molecule has 0 aliphatic carbocycles. The van der Waals surface area contributed by atoms with Gasteiger partial charge >= 0.3 is 0 Å². The second-order valence-corrected chi connectivity index (χ2v) is 6.22. The first-order valence-corrected chi connectivity index (χ1v) is 7.91. The Kier molecular flexibility index (Phi) is 5.43. The van der Waals surface area contributed by atoms with Crippen LogP contribution in [0.3, 0.4) is 0 Å². The third-order valence-corrected chi connectivity index (χ3v) is 4.61. The zero-order valence-electron chi connectivity index (χ0n) is 13.0. The molecule has 3 heteroatoms. The summed E-state index contributed by atoms with van der Waals surface area (Å²) in [6.45, 7) is 4.30. The second kappa shape index (κ2) is 7.10. The zero-order valence-corrected chi connectivity index (χ0v) is 14.6. The van der Waals surface area contributed by atoms with Gasteiger partial charge in [-0.15, -0.1) is 0 Å². The number of hydrogen-bond acceptors (Lipinski definition) is 2. The number of methoxy groups -OCH3 is 1. The van der Waals surface area contributed by atoms with Crippen molar-refractivity contribution in [1.82, 2.24) is 5.32 Å². The monoisotopic (exact) mass is 347 g/mol. The Morgan fingerprint density at radius 3 is 2.57 bits per heavy atom. The largest absolute Gasteiger partial charge is 0.497 e. The summed E-state index contributed by atoms with van der Waals surface area (Å²) >= 11 is 3.64. The minimum absolute atomic E-state index is 0.285. The summed E-state index contributed by atoms with van der Waals surface area (Å²) in [6, 6.07) is 13.0. The highest BCUT2D eigenvalue weighted by atomic mass is 79.9. The van der Waals surface area contributed by atoms with Crippen LogP contribution < -0.4 is 10.1 Å². The van der Waals surface area contributed by atoms with E-state index in [9.17, 15) is 0 Å². The number of aryl methyl sites for hydroxylation is 2. The normalized spacial score (nSPS) is 12.2. The van der Waals surface area contributed by atoms with Crippen LogP contribution in [-0.2, 0) is 6.42 Å². The van der Waals surface area contributed by atoms with Gasteiger partial charge in [-0.1, -0.05) is 39.7 Å². The predicted molar refractivity (Wildman–Crippen MR) is 92.1 cm³/mol. The van der Waals surface area contributed by atoms with E-state index >= 15 is 0 Å². The highest BCUT2D eigenvalue weighted by Crippen LogP contribution is 2.28. The molecule has 1 atom stereocenters. The quantitative estimate of drug-likeness (QED) is 0.854. The van der Waals surface area contributed by atoms with E-state index in [2.05, 4.69) is 59.4 Å². The lowest BCUT2D eigenvalue weighted by atomic mass is 9.94. The molecule has 0 amide bonds. The maximum atomic E-state index is 5.33. The topological polar surface area (TPSA) is 21.3 Å². The molecule has 0 saturated carbocycles. The standard InChI is InChI=1S/C18H22BrNO/c1-12-5-6-13(2)16(9-12)18(20-3)11-14-10-15(21-4)7-8-17(14)19/h5-10,18,20H,11H2,1-4H3. The summed E-state index contributed by atoms with van der Waals surface area (Å²) in [5, 5.41) is 3.44. The SMILES string of the molecule is CNC(Cc1cc(OC)ccc1Br)c1cc(C)ccc1C. The number of halogens is 1. The molecule has 1 N–H and O–H groups in total. The van der Waals surface area contributed by atoms with E-state index in [1.54, 1.807) is 7.11 Å². The van der Waals surface area contributed by atoms with Gasteiger partial charge in [0.15, 0.2) is 0 Å². The van der Waals surface area contributed by atoms with Crippen LogP contribution in [0.25, 0.3) is 0 Å². The fraction of sp³-hybridized carbons (Fsp3) is 0.333. The average Bonchev–Trinajstić information content (AvgIpc) is 2.49. The number of nitrogens with one attached hydrogen (secondary N) is 1. The van der Waals surface area contributed by atoms with Gasteiger partial charge in [0.05, 0.1) is 7.11 Å². The van der Waals surface area contributed by atoms with Crippen LogP contribution in [0.1, 0.15) is 28.3 Å². The average molecular weight is 348 g/mol. The smallest absolute Gasteiger partial charge is 0.119 e. The van der Waals surface area contributed by atoms with E-state index in [1.165, 1.54) is 22.3 Å². The van der Waals surface area contributed by atoms with Crippen molar-refractivity contribution in [3.05, 3.63) is 63.1 Å². The summed E-state index contributed by atoms with van der Waals surface area (Å²) in [5.74, 6) is 0.893. The molecule has 0 saturated heterocycles. The van der Waals surface area contributed by atoms with Crippen LogP contribution in [0.15, 0.2) is 40.9 Å². The summed E-state index contributed by atoms with van der Waals surface area (Å²) in [5.41, 5.74) is 5.21. The Morgan fingerprint density at radius 2 is 1.90 bits per heavy atom. The maximum Gasteiger partial charge on any atom is 0.119 e. The predicted octanol–water partition coefficient (Wildman–Crippen LogP) is 4.58. The molecule has 0 bridgehead atoms. The Hall–Kier alpha value is -1.32. The van der Waals surface area contributed by atoms with Gasteiger partial charge in [0.2, 0.25) is 0 Å². The summed E-state index contributed by atoms with van der Waals surface area (Å²) in [7, 11) is 3.72. The van der Waals surface area contributed by atoms with Crippen molar-refractivity contribution in [2.75, 3.05) is 14.2 Å². The van der Waals surface area contributed by atoms with Crippen molar-refractivity contribution >= 4 is 15.9 Å². The van der Waals surface area contributed by atoms with E-state index in [4.69, 9.17) is 4.74 Å². The van der Waals surface area contributed by atoms with E-state index in [0.29, 0.717) is 0 Å². The van der Waals surface area contributed by atoms with Crippen LogP contribution in [0, 0.1) is 13.8 Å². The molecule has 112 valence electrons. The molecule has 2 aromatic rings. The number of hydrogen-bond donors (Lipinski definition) is 1. The Morgan fingerprint density at radius 1 is 1.14 bits per heavy atom. The van der Waals surface area contributed by atoms with Crippen LogP contribution >= 0.6 is 15.9 Å². The molecule has 0 aliphatic heterocycles. The van der Waals surface area contributed by atoms with Crippen LogP contribution in [-0.4, -0.2) is 14.2 Å². The van der Waals surface area contributed by atoms with Crippen molar-refractivity contribution < 1.29 is 4.74 Å². The second-order valence-electron chi connectivity index (χ2n) is 5.36. The molecule has 0 heterocycles. The van der Waals surface area contributed by atoms with Gasteiger partial charge in [-0.25, -0.2) is 0 Å². The third-order valence-electron chi connectivity index (χ3n) is 3.84. The van der Waals surface area contributed by atoms with E-state index in [-0.39, 0.29) is 6.04 Å². The maximum absolute atomic E-state index is 5.33. The Labute approximate surface area is 135 Å². The van der Waals surface area contributed by atoms with Gasteiger partial charge in [-0.2, -0.15) is 0 Å². The Balaban J connectivity index is 2.33. The molecule has 21 heavy (non-hydrogen) atoms. The lowest BCUT2D eigenvalue weighted by Crippen LogP contribution is -2.20. The van der Waals surface area contributed by atoms with Gasteiger partial charge in [0, 0.05) is 10.5 Å². The first kappa shape index (κ1) is 16.1. The molecular formula is C18H22BrNO. The molecule has 0 radical (unpaired) electrons. The van der Waals surface area contributed by atoms with E-state index in [1.807, 2.05) is 19.2 Å². The number of ether oxygens (including phenoxy) is 1. The van der Waals surface area contributed by atoms with Crippen molar-refractivity contribution in [2.24, 2.45) is 0 Å². The van der Waals surface area contributed by atoms with Gasteiger partial charge < -0.3 is 10.1 Å². The fourth-order valence-corrected chi connectivity index (χ4v) is 2.97. The number of likely N-dealkylation sites (N-methyl/N-ethyl adjacent to an activating group) is 1. The first-order valence-electron chi connectivity index (χ1n) is 7.12. The molecule has 0 fully saturated rings. The van der Waals surface area contributed by atoms with Gasteiger partial charge in [-0.3, -0.25) is 0 Å². The van der Waals surface area contributed by atoms with Gasteiger partial charge in [-0.05, 0) is 62.2 Å². The number of rotatable bonds is 5. The molecule has 1 unspecified atom stereocenters. The van der Waals surface area contributed by atoms with Crippen LogP contribution in [0.5, 0.6) is 5.75 Å². The van der Waals surface area contributed by atoms with E-state index in [0.717, 1.165) is 16.6 Å². The van der Waals surface area contributed by atoms with Crippen LogP contribution in [0.2, 0.25) is 0 Å². The van der Waals surface area contributed by atoms with Crippen molar-refractivity contribution in [3.8, 4) is 5.75 Å². The number of benzene rings is 2. The minimum Gasteiger partial charge on any atom is -0.497 e. The van der Waals surface area contributed by atoms with E-state index < -0.39 is 0 Å². The van der Waals surface area contributed by atoms with Crippen LogP contribution in [0.4, 0.5) is 0 Å². The molecule has 0 aromatic heterocycles. The molecule has 2 rings (SSSR count). The lowest BCUT2D eigenvalue weighted by molar-refractivity contribution is 0.413. The van der Waals surface area contributed by atoms with Crippen molar-refractivity contribution in [3.63, 3.8) is 0 Å². The van der Waals surface area contributed by atoms with Gasteiger partial charge in [0.1, 0.15) is 5.75 Å². The van der Waals surface area contributed by atoms with Gasteiger partial charge in [0.25, 0.3) is 0 Å². The summed E-state index contributed by atoms with van der Waals surface area (Å²) < 4.78 is 6.45. The molecule has 2 nitrogen and oxygen atoms in total. The first-order chi connectivity index (χ1) is 10.0. The molecule has 2 aromatic carbocycles. The molecule has 0 spiro atoms. The third kappa shape index (κ3) is 3.86. The highest BCUT2D eigenvalue weighted by molar-refractivity contribution is 9.10. The molecular weight excluding hydrogens is 326 g/mol. The Bertz CT molecular complexity index is 625. The fourth-order valence-electron chi connectivity index (χ4n) is 2.56. The molecule has 0 aliphatic rings. The summed E-state index contributed by atoms with van der Waals surface area (Å²) in [6.07, 6.45) is 0.915. The lowest BCUT2D eigenvalue weighted by Gasteiger charge is -2.20. The highest BCUT2D eigenvalue weighted by Gasteiger charge is 2.15.